The molecule has 2 rings (SSSR count). The second-order valence-electron chi connectivity index (χ2n) is 4.02. The summed E-state index contributed by atoms with van der Waals surface area (Å²) in [5.41, 5.74) is 1.08. The molecular formula is C14H11Cl3N2O. The highest BCUT2D eigenvalue weighted by Gasteiger charge is 2.09. The van der Waals surface area contributed by atoms with Crippen LogP contribution in [0, 0.1) is 0 Å². The van der Waals surface area contributed by atoms with Gasteiger partial charge in [0.05, 0.1) is 21.9 Å². The SMILES string of the molecule is CCn1ncc(Cl)c1/C=C/C(=O)c1ccc(Cl)cc1Cl. The van der Waals surface area contributed by atoms with Gasteiger partial charge in [-0.2, -0.15) is 5.10 Å². The van der Waals surface area contributed by atoms with E-state index in [-0.39, 0.29) is 5.78 Å². The Bertz CT molecular complexity index is 677. The maximum absolute atomic E-state index is 12.1. The Morgan fingerprint density at radius 2 is 2.05 bits per heavy atom. The minimum Gasteiger partial charge on any atom is -0.289 e. The fraction of sp³-hybridized carbons (Fsp3) is 0.143. The van der Waals surface area contributed by atoms with E-state index in [4.69, 9.17) is 34.8 Å². The van der Waals surface area contributed by atoms with E-state index in [0.717, 1.165) is 0 Å². The van der Waals surface area contributed by atoms with E-state index in [2.05, 4.69) is 5.10 Å². The van der Waals surface area contributed by atoms with E-state index in [1.807, 2.05) is 6.92 Å². The summed E-state index contributed by atoms with van der Waals surface area (Å²) in [6, 6.07) is 4.75. The molecule has 20 heavy (non-hydrogen) atoms. The smallest absolute Gasteiger partial charge is 0.187 e. The van der Waals surface area contributed by atoms with Crippen LogP contribution in [0.4, 0.5) is 0 Å². The van der Waals surface area contributed by atoms with Crippen LogP contribution < -0.4 is 0 Å². The first-order valence-electron chi connectivity index (χ1n) is 5.91. The first-order valence-corrected chi connectivity index (χ1v) is 7.05. The van der Waals surface area contributed by atoms with Gasteiger partial charge in [-0.25, -0.2) is 0 Å². The van der Waals surface area contributed by atoms with Gasteiger partial charge < -0.3 is 0 Å². The summed E-state index contributed by atoms with van der Waals surface area (Å²) in [6.07, 6.45) is 4.60. The molecule has 0 unspecified atom stereocenters. The van der Waals surface area contributed by atoms with Crippen molar-refractivity contribution in [3.05, 3.63) is 56.8 Å². The standard InChI is InChI=1S/C14H11Cl3N2O/c1-2-19-13(12(17)8-18-19)5-6-14(20)10-4-3-9(15)7-11(10)16/h3-8H,2H2,1H3/b6-5+. The van der Waals surface area contributed by atoms with Gasteiger partial charge in [0.1, 0.15) is 0 Å². The topological polar surface area (TPSA) is 34.9 Å². The molecule has 0 aliphatic rings. The van der Waals surface area contributed by atoms with Crippen molar-refractivity contribution in [3.63, 3.8) is 0 Å². The number of ketones is 1. The quantitative estimate of drug-likeness (QED) is 0.599. The number of hydrogen-bond acceptors (Lipinski definition) is 2. The van der Waals surface area contributed by atoms with Crippen molar-refractivity contribution in [1.82, 2.24) is 9.78 Å². The summed E-state index contributed by atoms with van der Waals surface area (Å²) >= 11 is 17.8. The highest BCUT2D eigenvalue weighted by atomic mass is 35.5. The molecule has 0 amide bonds. The molecule has 1 aromatic heterocycles. The maximum atomic E-state index is 12.1. The summed E-state index contributed by atoms with van der Waals surface area (Å²) in [4.78, 5) is 12.1. The van der Waals surface area contributed by atoms with Gasteiger partial charge in [-0.1, -0.05) is 34.8 Å². The Hall–Kier alpha value is -1.29. The fourth-order valence-electron chi connectivity index (χ4n) is 1.72. The van der Waals surface area contributed by atoms with Crippen LogP contribution in [0.2, 0.25) is 15.1 Å². The number of aromatic nitrogens is 2. The average molecular weight is 330 g/mol. The molecule has 0 N–H and O–H groups in total. The lowest BCUT2D eigenvalue weighted by Crippen LogP contribution is -2.00. The third kappa shape index (κ3) is 3.23. The largest absolute Gasteiger partial charge is 0.289 e. The number of allylic oxidation sites excluding steroid dienone is 1. The van der Waals surface area contributed by atoms with E-state index in [0.29, 0.717) is 32.9 Å². The van der Waals surface area contributed by atoms with Crippen LogP contribution >= 0.6 is 34.8 Å². The maximum Gasteiger partial charge on any atom is 0.187 e. The van der Waals surface area contributed by atoms with Crippen molar-refractivity contribution in [2.45, 2.75) is 13.5 Å². The van der Waals surface area contributed by atoms with Gasteiger partial charge >= 0.3 is 0 Å². The minimum absolute atomic E-state index is 0.216. The van der Waals surface area contributed by atoms with Crippen molar-refractivity contribution < 1.29 is 4.79 Å². The molecule has 3 nitrogen and oxygen atoms in total. The van der Waals surface area contributed by atoms with Crippen LogP contribution in [-0.4, -0.2) is 15.6 Å². The van der Waals surface area contributed by atoms with Crippen LogP contribution in [0.25, 0.3) is 6.08 Å². The van der Waals surface area contributed by atoms with Gasteiger partial charge in [-0.05, 0) is 37.3 Å². The zero-order valence-corrected chi connectivity index (χ0v) is 12.9. The normalized spacial score (nSPS) is 11.2. The Kier molecular flexibility index (Phi) is 4.86. The molecule has 0 aliphatic carbocycles. The molecule has 1 aromatic carbocycles. The molecule has 0 fully saturated rings. The zero-order valence-electron chi connectivity index (χ0n) is 10.6. The van der Waals surface area contributed by atoms with Crippen molar-refractivity contribution in [2.24, 2.45) is 0 Å². The molecule has 0 bridgehead atoms. The summed E-state index contributed by atoms with van der Waals surface area (Å²) in [6.45, 7) is 2.61. The van der Waals surface area contributed by atoms with Gasteiger partial charge in [-0.15, -0.1) is 0 Å². The summed E-state index contributed by atoms with van der Waals surface area (Å²) in [5.74, 6) is -0.216. The van der Waals surface area contributed by atoms with Crippen LogP contribution in [-0.2, 0) is 6.54 Å². The number of aryl methyl sites for hydroxylation is 1. The molecule has 0 atom stereocenters. The van der Waals surface area contributed by atoms with Crippen LogP contribution in [0.1, 0.15) is 23.0 Å². The van der Waals surface area contributed by atoms with Gasteiger partial charge in [0.25, 0.3) is 0 Å². The van der Waals surface area contributed by atoms with E-state index >= 15 is 0 Å². The first kappa shape index (κ1) is 15.1. The van der Waals surface area contributed by atoms with Gasteiger partial charge in [0, 0.05) is 17.1 Å². The van der Waals surface area contributed by atoms with E-state index < -0.39 is 0 Å². The zero-order chi connectivity index (χ0) is 14.7. The summed E-state index contributed by atoms with van der Waals surface area (Å²) in [5, 5.41) is 5.40. The van der Waals surface area contributed by atoms with Crippen molar-refractivity contribution in [2.75, 3.05) is 0 Å². The Morgan fingerprint density at radius 3 is 2.70 bits per heavy atom. The van der Waals surface area contributed by atoms with Crippen molar-refractivity contribution in [3.8, 4) is 0 Å². The second kappa shape index (κ2) is 6.44. The molecule has 2 aromatic rings. The molecule has 0 spiro atoms. The molecule has 0 saturated heterocycles. The van der Waals surface area contributed by atoms with Crippen LogP contribution in [0.3, 0.4) is 0 Å². The molecule has 104 valence electrons. The molecule has 1 heterocycles. The van der Waals surface area contributed by atoms with E-state index in [9.17, 15) is 4.79 Å². The minimum atomic E-state index is -0.216. The molecular weight excluding hydrogens is 319 g/mol. The molecule has 0 aliphatic heterocycles. The predicted octanol–water partition coefficient (Wildman–Crippen LogP) is 4.76. The van der Waals surface area contributed by atoms with Gasteiger partial charge in [0.15, 0.2) is 5.78 Å². The third-order valence-corrected chi connectivity index (χ3v) is 3.56. The molecule has 0 radical (unpaired) electrons. The number of nitrogens with zero attached hydrogens (tertiary/aromatic N) is 2. The Morgan fingerprint density at radius 1 is 1.30 bits per heavy atom. The molecule has 0 saturated carbocycles. The van der Waals surface area contributed by atoms with Crippen LogP contribution in [0.5, 0.6) is 0 Å². The number of carbonyl (C=O) groups is 1. The highest BCUT2D eigenvalue weighted by Crippen LogP contribution is 2.22. The highest BCUT2D eigenvalue weighted by molar-refractivity contribution is 6.37. The molecule has 6 heteroatoms. The number of benzene rings is 1. The third-order valence-electron chi connectivity index (χ3n) is 2.72. The lowest BCUT2D eigenvalue weighted by molar-refractivity contribution is 0.104. The van der Waals surface area contributed by atoms with Crippen molar-refractivity contribution in [1.29, 1.82) is 0 Å². The second-order valence-corrected chi connectivity index (χ2v) is 5.27. The Balaban J connectivity index is 2.27. The Labute approximate surface area is 131 Å². The fourth-order valence-corrected chi connectivity index (χ4v) is 2.43. The van der Waals surface area contributed by atoms with E-state index in [1.54, 1.807) is 29.1 Å². The number of hydrogen-bond donors (Lipinski definition) is 0. The lowest BCUT2D eigenvalue weighted by Gasteiger charge is -2.01. The average Bonchev–Trinajstić information content (AvgIpc) is 2.76. The predicted molar refractivity (Wildman–Crippen MR) is 82.7 cm³/mol. The monoisotopic (exact) mass is 328 g/mol. The van der Waals surface area contributed by atoms with Crippen LogP contribution in [0.15, 0.2) is 30.5 Å². The lowest BCUT2D eigenvalue weighted by atomic mass is 10.1. The number of halogens is 3. The van der Waals surface area contributed by atoms with Gasteiger partial charge in [0.2, 0.25) is 0 Å². The number of carbonyl (C=O) groups excluding carboxylic acids is 1. The first-order chi connectivity index (χ1) is 9.52. The summed E-state index contributed by atoms with van der Waals surface area (Å²) in [7, 11) is 0. The summed E-state index contributed by atoms with van der Waals surface area (Å²) < 4.78 is 1.70. The van der Waals surface area contributed by atoms with E-state index in [1.165, 1.54) is 12.1 Å². The number of rotatable bonds is 4. The van der Waals surface area contributed by atoms with Crippen molar-refractivity contribution >= 4 is 46.7 Å². The van der Waals surface area contributed by atoms with Gasteiger partial charge in [-0.3, -0.25) is 9.48 Å².